The van der Waals surface area contributed by atoms with Gasteiger partial charge in [0, 0.05) is 17.1 Å². The molecule has 4 rings (SSSR count). The monoisotopic (exact) mass is 580 g/mol. The minimum Gasteiger partial charge on any atom is -0.497 e. The third-order valence-electron chi connectivity index (χ3n) is 7.54. The Morgan fingerprint density at radius 3 is 2.62 bits per heavy atom. The number of halogens is 4. The number of ether oxygens (including phenoxy) is 1. The summed E-state index contributed by atoms with van der Waals surface area (Å²) in [5.41, 5.74) is 0.458. The van der Waals surface area contributed by atoms with E-state index in [-0.39, 0.29) is 22.8 Å². The van der Waals surface area contributed by atoms with E-state index in [1.165, 1.54) is 31.5 Å². The zero-order valence-electron chi connectivity index (χ0n) is 21.8. The first kappa shape index (κ1) is 29.5. The van der Waals surface area contributed by atoms with Gasteiger partial charge in [-0.1, -0.05) is 17.7 Å². The fraction of sp³-hybridized carbons (Fsp3) is 0.448. The number of methoxy groups -OCH3 is 1. The molecule has 2 heterocycles. The highest BCUT2D eigenvalue weighted by molar-refractivity contribution is 7.99. The second kappa shape index (κ2) is 13.2. The molecular weight excluding hydrogens is 549 g/mol. The largest absolute Gasteiger partial charge is 0.497 e. The van der Waals surface area contributed by atoms with Crippen molar-refractivity contribution in [3.8, 4) is 5.75 Å². The molecule has 0 bridgehead atoms. The number of piperidine rings is 1. The van der Waals surface area contributed by atoms with Crippen LogP contribution in [-0.4, -0.2) is 53.5 Å². The number of aliphatic carboxylic acids is 1. The second-order valence-corrected chi connectivity index (χ2v) is 11.6. The van der Waals surface area contributed by atoms with E-state index in [0.29, 0.717) is 60.3 Å². The van der Waals surface area contributed by atoms with Gasteiger partial charge in [-0.15, -0.1) is 11.8 Å². The Hall–Kier alpha value is -2.49. The molecule has 0 amide bonds. The number of nitrogens with zero attached hydrogens (tertiary/aromatic N) is 2. The predicted molar refractivity (Wildman–Crippen MR) is 148 cm³/mol. The van der Waals surface area contributed by atoms with E-state index in [9.17, 15) is 18.7 Å². The maximum absolute atomic E-state index is 15.7. The standard InChI is InChI=1S/C29H32ClF3N2O3S/c1-38-19-6-7-25-20(16-19)27(21(30)18-34-25)22(31)8-9-29(17-26(36)37)10-13-35(14-11-29)12-3-15-39-28-23(32)4-2-5-24(28)33/h2,4-7,16,18,22H,3,8-15,17H2,1H3,(H,36,37)/t22-/m1/s1. The number of aromatic nitrogens is 1. The summed E-state index contributed by atoms with van der Waals surface area (Å²) in [4.78, 5) is 18.3. The first-order valence-electron chi connectivity index (χ1n) is 13.0. The van der Waals surface area contributed by atoms with Gasteiger partial charge in [0.05, 0.1) is 29.0 Å². The van der Waals surface area contributed by atoms with E-state index >= 15 is 4.39 Å². The van der Waals surface area contributed by atoms with Gasteiger partial charge in [-0.2, -0.15) is 0 Å². The van der Waals surface area contributed by atoms with Crippen LogP contribution in [0.1, 0.15) is 50.3 Å². The summed E-state index contributed by atoms with van der Waals surface area (Å²) in [5, 5.41) is 10.5. The summed E-state index contributed by atoms with van der Waals surface area (Å²) in [7, 11) is 1.54. The molecule has 1 aliphatic heterocycles. The third kappa shape index (κ3) is 7.38. The molecule has 1 atom stereocenters. The van der Waals surface area contributed by atoms with Crippen molar-refractivity contribution in [2.45, 2.75) is 49.6 Å². The number of hydrogen-bond donors (Lipinski definition) is 1. The molecule has 0 radical (unpaired) electrons. The molecular formula is C29H32ClF3N2O3S. The molecule has 0 spiro atoms. The lowest BCUT2D eigenvalue weighted by Gasteiger charge is -2.41. The van der Waals surface area contributed by atoms with Crippen molar-refractivity contribution >= 4 is 40.2 Å². The molecule has 1 N–H and O–H groups in total. The molecule has 1 aromatic heterocycles. The maximum atomic E-state index is 15.7. The smallest absolute Gasteiger partial charge is 0.303 e. The number of thioether (sulfide) groups is 1. The predicted octanol–water partition coefficient (Wildman–Crippen LogP) is 7.71. The van der Waals surface area contributed by atoms with Crippen molar-refractivity contribution in [3.05, 3.63) is 64.8 Å². The van der Waals surface area contributed by atoms with E-state index < -0.39 is 29.2 Å². The quantitative estimate of drug-likeness (QED) is 0.175. The van der Waals surface area contributed by atoms with E-state index in [4.69, 9.17) is 16.3 Å². The number of rotatable bonds is 12. The highest BCUT2D eigenvalue weighted by atomic mass is 35.5. The van der Waals surface area contributed by atoms with Crippen molar-refractivity contribution in [1.82, 2.24) is 9.88 Å². The SMILES string of the molecule is COc1ccc2ncc(Cl)c([C@H](F)CCC3(CC(=O)O)CCN(CCCSc4c(F)cccc4F)CC3)c2c1. The molecule has 1 aliphatic rings. The molecule has 1 fully saturated rings. The molecule has 0 aliphatic carbocycles. The van der Waals surface area contributed by atoms with Gasteiger partial charge < -0.3 is 14.7 Å². The lowest BCUT2D eigenvalue weighted by atomic mass is 9.71. The molecule has 39 heavy (non-hydrogen) atoms. The van der Waals surface area contributed by atoms with Crippen LogP contribution in [0.2, 0.25) is 5.02 Å². The van der Waals surface area contributed by atoms with Gasteiger partial charge in [0.25, 0.3) is 0 Å². The van der Waals surface area contributed by atoms with Gasteiger partial charge in [0.1, 0.15) is 23.6 Å². The van der Waals surface area contributed by atoms with Crippen LogP contribution in [0.25, 0.3) is 10.9 Å². The average molecular weight is 581 g/mol. The van der Waals surface area contributed by atoms with Crippen LogP contribution in [0.3, 0.4) is 0 Å². The summed E-state index contributed by atoms with van der Waals surface area (Å²) in [6.45, 7) is 2.14. The Bertz CT molecular complexity index is 1280. The van der Waals surface area contributed by atoms with Crippen LogP contribution >= 0.6 is 23.4 Å². The van der Waals surface area contributed by atoms with E-state index in [2.05, 4.69) is 9.88 Å². The van der Waals surface area contributed by atoms with Gasteiger partial charge in [-0.05, 0) is 93.2 Å². The van der Waals surface area contributed by atoms with Crippen LogP contribution in [0.4, 0.5) is 13.2 Å². The summed E-state index contributed by atoms with van der Waals surface area (Å²) in [6, 6.07) is 9.09. The van der Waals surface area contributed by atoms with E-state index in [1.807, 2.05) is 0 Å². The van der Waals surface area contributed by atoms with Crippen LogP contribution < -0.4 is 4.74 Å². The second-order valence-electron chi connectivity index (χ2n) is 10.1. The number of carboxylic acid groups (broad SMARTS) is 1. The topological polar surface area (TPSA) is 62.7 Å². The van der Waals surface area contributed by atoms with Crippen molar-refractivity contribution in [3.63, 3.8) is 0 Å². The highest BCUT2D eigenvalue weighted by Crippen LogP contribution is 2.44. The van der Waals surface area contributed by atoms with Crippen LogP contribution in [-0.2, 0) is 4.79 Å². The number of pyridine rings is 1. The molecule has 5 nitrogen and oxygen atoms in total. The number of benzene rings is 2. The molecule has 210 valence electrons. The molecule has 3 aromatic rings. The van der Waals surface area contributed by atoms with E-state index in [1.54, 1.807) is 18.2 Å². The zero-order valence-corrected chi connectivity index (χ0v) is 23.3. The van der Waals surface area contributed by atoms with Crippen LogP contribution in [0.15, 0.2) is 47.5 Å². The number of fused-ring (bicyclic) bond motifs is 1. The van der Waals surface area contributed by atoms with Crippen LogP contribution in [0, 0.1) is 17.0 Å². The van der Waals surface area contributed by atoms with Gasteiger partial charge in [0.15, 0.2) is 0 Å². The normalized spacial score (nSPS) is 16.3. The maximum Gasteiger partial charge on any atom is 0.303 e. The minimum atomic E-state index is -1.38. The van der Waals surface area contributed by atoms with E-state index in [0.717, 1.165) is 24.7 Å². The molecule has 10 heteroatoms. The Balaban J connectivity index is 1.35. The minimum absolute atomic E-state index is 0.0192. The highest BCUT2D eigenvalue weighted by Gasteiger charge is 2.37. The lowest BCUT2D eigenvalue weighted by Crippen LogP contribution is -2.41. The molecule has 0 saturated carbocycles. The Labute approximate surface area is 235 Å². The molecule has 1 saturated heterocycles. The van der Waals surface area contributed by atoms with Crippen molar-refractivity contribution < 1.29 is 27.8 Å². The number of carbonyl (C=O) groups is 1. The zero-order chi connectivity index (χ0) is 28.0. The number of hydrogen-bond acceptors (Lipinski definition) is 5. The first-order chi connectivity index (χ1) is 18.7. The summed E-state index contributed by atoms with van der Waals surface area (Å²) in [6.07, 6.45) is 2.63. The first-order valence-corrected chi connectivity index (χ1v) is 14.3. The van der Waals surface area contributed by atoms with Gasteiger partial charge >= 0.3 is 5.97 Å². The average Bonchev–Trinajstić information content (AvgIpc) is 2.91. The summed E-state index contributed by atoms with van der Waals surface area (Å²) in [5.74, 6) is -0.846. The number of likely N-dealkylation sites (tertiary alicyclic amines) is 1. The van der Waals surface area contributed by atoms with Crippen LogP contribution in [0.5, 0.6) is 5.75 Å². The lowest BCUT2D eigenvalue weighted by molar-refractivity contribution is -0.141. The summed E-state index contributed by atoms with van der Waals surface area (Å²) >= 11 is 7.55. The van der Waals surface area contributed by atoms with Crippen molar-refractivity contribution in [1.29, 1.82) is 0 Å². The van der Waals surface area contributed by atoms with Crippen molar-refractivity contribution in [2.24, 2.45) is 5.41 Å². The fourth-order valence-electron chi connectivity index (χ4n) is 5.36. The Morgan fingerprint density at radius 1 is 1.23 bits per heavy atom. The molecule has 2 aromatic carbocycles. The third-order valence-corrected chi connectivity index (χ3v) is 9.01. The van der Waals surface area contributed by atoms with Gasteiger partial charge in [-0.25, -0.2) is 13.2 Å². The number of alkyl halides is 1. The Kier molecular flexibility index (Phi) is 10.0. The Morgan fingerprint density at radius 2 is 1.95 bits per heavy atom. The van der Waals surface area contributed by atoms with Crippen molar-refractivity contribution in [2.75, 3.05) is 32.5 Å². The van der Waals surface area contributed by atoms with Gasteiger partial charge in [0.2, 0.25) is 0 Å². The molecule has 0 unspecified atom stereocenters. The summed E-state index contributed by atoms with van der Waals surface area (Å²) < 4.78 is 48.7. The fourth-order valence-corrected chi connectivity index (χ4v) is 6.52. The van der Waals surface area contributed by atoms with Gasteiger partial charge in [-0.3, -0.25) is 9.78 Å². The number of carboxylic acids is 1.